The Morgan fingerprint density at radius 2 is 2.43 bits per heavy atom. The first-order chi connectivity index (χ1) is 10.2. The molecule has 0 aromatic carbocycles. The zero-order chi connectivity index (χ0) is 14.8. The van der Waals surface area contributed by atoms with Crippen LogP contribution in [0.15, 0.2) is 11.6 Å². The number of nitrogens with zero attached hydrogens (tertiary/aromatic N) is 2. The number of ether oxygens (including phenoxy) is 1. The Balaban J connectivity index is 1.66. The number of carbonyl (C=O) groups is 1. The average molecular weight is 308 g/mol. The van der Waals surface area contributed by atoms with E-state index in [0.717, 1.165) is 11.6 Å². The summed E-state index contributed by atoms with van der Waals surface area (Å²) in [5.74, 6) is 0.307. The van der Waals surface area contributed by atoms with Gasteiger partial charge in [0.05, 0.1) is 6.61 Å². The maximum atomic E-state index is 12.5. The Labute approximate surface area is 128 Å². The zero-order valence-corrected chi connectivity index (χ0v) is 12.9. The molecule has 6 nitrogen and oxygen atoms in total. The molecule has 0 radical (unpaired) electrons. The highest BCUT2D eigenvalue weighted by molar-refractivity contribution is 7.18. The van der Waals surface area contributed by atoms with E-state index in [1.165, 1.54) is 29.8 Å². The van der Waals surface area contributed by atoms with Crippen LogP contribution >= 0.6 is 11.3 Å². The molecule has 1 fully saturated rings. The third-order valence-electron chi connectivity index (χ3n) is 3.67. The molecule has 1 aliphatic heterocycles. The van der Waals surface area contributed by atoms with Gasteiger partial charge in [0.25, 0.3) is 5.91 Å². The fraction of sp³-hybridized carbons (Fsp3) is 0.571. The van der Waals surface area contributed by atoms with Crippen LogP contribution in [0.1, 0.15) is 28.9 Å². The highest BCUT2D eigenvalue weighted by Gasteiger charge is 2.26. The number of methoxy groups -OCH3 is 1. The molecule has 7 heteroatoms. The van der Waals surface area contributed by atoms with Crippen molar-refractivity contribution in [3.05, 3.63) is 16.5 Å². The van der Waals surface area contributed by atoms with Gasteiger partial charge in [-0.05, 0) is 24.8 Å². The minimum Gasteiger partial charge on any atom is -0.382 e. The predicted octanol–water partition coefficient (Wildman–Crippen LogP) is 1.72. The van der Waals surface area contributed by atoms with E-state index < -0.39 is 0 Å². The molecule has 1 amide bonds. The normalized spacial score (nSPS) is 18.5. The Morgan fingerprint density at radius 3 is 3.05 bits per heavy atom. The lowest BCUT2D eigenvalue weighted by molar-refractivity contribution is 0.0770. The van der Waals surface area contributed by atoms with Crippen molar-refractivity contribution in [1.29, 1.82) is 0 Å². The number of aromatic nitrogens is 1. The zero-order valence-electron chi connectivity index (χ0n) is 12.1. The highest BCUT2D eigenvalue weighted by Crippen LogP contribution is 2.31. The second-order valence-electron chi connectivity index (χ2n) is 5.45. The second-order valence-corrected chi connectivity index (χ2v) is 6.45. The number of nitrogen functional groups attached to an aromatic ring is 1. The summed E-state index contributed by atoms with van der Waals surface area (Å²) >= 11 is 1.36. The van der Waals surface area contributed by atoms with Crippen LogP contribution in [-0.4, -0.2) is 48.6 Å². The first-order valence-corrected chi connectivity index (χ1v) is 7.98. The summed E-state index contributed by atoms with van der Waals surface area (Å²) in [5, 5.41) is 4.04. The number of carbonyl (C=O) groups excluding carboxylic acids is 1. The van der Waals surface area contributed by atoms with E-state index in [1.54, 1.807) is 7.11 Å². The number of amides is 1. The van der Waals surface area contributed by atoms with Crippen molar-refractivity contribution in [3.8, 4) is 0 Å². The maximum Gasteiger partial charge on any atom is 0.268 e. The van der Waals surface area contributed by atoms with Crippen molar-refractivity contribution in [3.63, 3.8) is 0 Å². The van der Waals surface area contributed by atoms with Crippen LogP contribution in [0.3, 0.4) is 0 Å². The van der Waals surface area contributed by atoms with Gasteiger partial charge in [0, 0.05) is 26.2 Å². The van der Waals surface area contributed by atoms with E-state index in [2.05, 4.69) is 16.4 Å². The quantitative estimate of drug-likeness (QED) is 0.810. The monoisotopic (exact) mass is 308 g/mol. The van der Waals surface area contributed by atoms with Gasteiger partial charge in [0.2, 0.25) is 0 Å². The van der Waals surface area contributed by atoms with Crippen molar-refractivity contribution in [2.45, 2.75) is 25.3 Å². The van der Waals surface area contributed by atoms with Gasteiger partial charge in [0.15, 0.2) is 5.13 Å². The molecule has 3 rings (SSSR count). The Morgan fingerprint density at radius 1 is 1.62 bits per heavy atom. The van der Waals surface area contributed by atoms with Gasteiger partial charge in [-0.2, -0.15) is 0 Å². The highest BCUT2D eigenvalue weighted by atomic mass is 32.1. The molecule has 1 aromatic rings. The van der Waals surface area contributed by atoms with Gasteiger partial charge >= 0.3 is 0 Å². The summed E-state index contributed by atoms with van der Waals surface area (Å²) in [6.07, 6.45) is 5.25. The smallest absolute Gasteiger partial charge is 0.268 e. The number of nitrogens with one attached hydrogen (secondary N) is 1. The topological polar surface area (TPSA) is 80.5 Å². The van der Waals surface area contributed by atoms with E-state index in [0.29, 0.717) is 36.4 Å². The van der Waals surface area contributed by atoms with Gasteiger partial charge in [-0.1, -0.05) is 17.4 Å². The number of anilines is 2. The van der Waals surface area contributed by atoms with Crippen molar-refractivity contribution in [2.24, 2.45) is 0 Å². The Bertz CT molecular complexity index is 565. The van der Waals surface area contributed by atoms with Gasteiger partial charge in [0.1, 0.15) is 10.7 Å². The Hall–Kier alpha value is -1.60. The maximum absolute atomic E-state index is 12.5. The summed E-state index contributed by atoms with van der Waals surface area (Å²) in [5.41, 5.74) is 7.14. The van der Waals surface area contributed by atoms with Gasteiger partial charge in [-0.3, -0.25) is 4.79 Å². The molecule has 114 valence electrons. The lowest BCUT2D eigenvalue weighted by Gasteiger charge is -2.25. The Kier molecular flexibility index (Phi) is 4.12. The summed E-state index contributed by atoms with van der Waals surface area (Å²) in [6.45, 7) is 1.96. The molecule has 2 heterocycles. The SMILES string of the molecule is COCC1=CCN(C(=O)c2sc(NC3CC3)nc2N)CC1. The van der Waals surface area contributed by atoms with Crippen molar-refractivity contribution >= 4 is 28.2 Å². The van der Waals surface area contributed by atoms with E-state index >= 15 is 0 Å². The number of thiazole rings is 1. The van der Waals surface area contributed by atoms with Gasteiger partial charge < -0.3 is 20.7 Å². The minimum atomic E-state index is -0.0263. The molecule has 0 bridgehead atoms. The summed E-state index contributed by atoms with van der Waals surface area (Å²) in [4.78, 5) is 19.1. The van der Waals surface area contributed by atoms with Crippen LogP contribution in [0.4, 0.5) is 10.9 Å². The molecule has 0 unspecified atom stereocenters. The van der Waals surface area contributed by atoms with Crippen LogP contribution in [0.2, 0.25) is 0 Å². The number of hydrogen-bond donors (Lipinski definition) is 2. The van der Waals surface area contributed by atoms with Gasteiger partial charge in [-0.25, -0.2) is 4.98 Å². The van der Waals surface area contributed by atoms with Crippen molar-refractivity contribution in [1.82, 2.24) is 9.88 Å². The first-order valence-electron chi connectivity index (χ1n) is 7.16. The first kappa shape index (κ1) is 14.3. The molecule has 3 N–H and O–H groups in total. The predicted molar refractivity (Wildman–Crippen MR) is 83.7 cm³/mol. The number of rotatable bonds is 5. The van der Waals surface area contributed by atoms with Crippen LogP contribution in [-0.2, 0) is 4.74 Å². The van der Waals surface area contributed by atoms with Crippen molar-refractivity contribution in [2.75, 3.05) is 37.9 Å². The molecule has 0 spiro atoms. The average Bonchev–Trinajstić information content (AvgIpc) is 3.21. The summed E-state index contributed by atoms with van der Waals surface area (Å²) < 4.78 is 5.12. The van der Waals surface area contributed by atoms with Gasteiger partial charge in [-0.15, -0.1) is 0 Å². The lowest BCUT2D eigenvalue weighted by Crippen LogP contribution is -2.35. The molecule has 1 aliphatic carbocycles. The molecular weight excluding hydrogens is 288 g/mol. The van der Waals surface area contributed by atoms with Crippen LogP contribution < -0.4 is 11.1 Å². The number of nitrogens with two attached hydrogens (primary N) is 1. The van der Waals surface area contributed by atoms with Crippen molar-refractivity contribution < 1.29 is 9.53 Å². The third kappa shape index (κ3) is 3.36. The third-order valence-corrected chi connectivity index (χ3v) is 4.66. The van der Waals surface area contributed by atoms with Crippen LogP contribution in [0.5, 0.6) is 0 Å². The standard InChI is InChI=1S/C14H20N4O2S/c1-20-8-9-4-6-18(7-5-9)13(19)11-12(15)17-14(21-11)16-10-2-3-10/h4,10H,2-3,5-8,15H2,1H3,(H,16,17). The van der Waals surface area contributed by atoms with E-state index in [4.69, 9.17) is 10.5 Å². The molecule has 2 aliphatic rings. The minimum absolute atomic E-state index is 0.0263. The summed E-state index contributed by atoms with van der Waals surface area (Å²) in [6, 6.07) is 0.507. The van der Waals surface area contributed by atoms with Crippen LogP contribution in [0.25, 0.3) is 0 Å². The van der Waals surface area contributed by atoms with Crippen LogP contribution in [0, 0.1) is 0 Å². The molecule has 1 saturated carbocycles. The molecule has 0 saturated heterocycles. The largest absolute Gasteiger partial charge is 0.382 e. The lowest BCUT2D eigenvalue weighted by atomic mass is 10.1. The fourth-order valence-electron chi connectivity index (χ4n) is 2.30. The second kappa shape index (κ2) is 6.03. The molecule has 1 aromatic heterocycles. The summed E-state index contributed by atoms with van der Waals surface area (Å²) in [7, 11) is 1.69. The fourth-order valence-corrected chi connectivity index (χ4v) is 3.23. The van der Waals surface area contributed by atoms with E-state index in [9.17, 15) is 4.79 Å². The molecular formula is C14H20N4O2S. The molecule has 0 atom stereocenters. The van der Waals surface area contributed by atoms with E-state index in [1.807, 2.05) is 4.90 Å². The molecule has 21 heavy (non-hydrogen) atoms. The number of hydrogen-bond acceptors (Lipinski definition) is 6. The van der Waals surface area contributed by atoms with E-state index in [-0.39, 0.29) is 5.91 Å².